The SMILES string of the molecule is CC(=O)O[C@@H]1C=C[C@H]2Oc3ccc(C)cc3[C@@]1(C)O2. The molecule has 2 heterocycles. The lowest BCUT2D eigenvalue weighted by molar-refractivity contribution is -0.217. The van der Waals surface area contributed by atoms with Crippen LogP contribution in [0, 0.1) is 6.92 Å². The highest BCUT2D eigenvalue weighted by Crippen LogP contribution is 2.45. The van der Waals surface area contributed by atoms with E-state index in [4.69, 9.17) is 14.2 Å². The fraction of sp³-hybridized carbons (Fsp3) is 0.400. The molecule has 0 aromatic heterocycles. The summed E-state index contributed by atoms with van der Waals surface area (Å²) in [4.78, 5) is 11.3. The normalized spacial score (nSPS) is 31.3. The first-order valence-electron chi connectivity index (χ1n) is 6.30. The zero-order chi connectivity index (χ0) is 13.6. The predicted octanol–water partition coefficient (Wildman–Crippen LogP) is 2.45. The molecule has 3 rings (SSSR count). The largest absolute Gasteiger partial charge is 0.461 e. The summed E-state index contributed by atoms with van der Waals surface area (Å²) >= 11 is 0. The first-order chi connectivity index (χ1) is 8.99. The molecule has 1 aromatic carbocycles. The van der Waals surface area contributed by atoms with Gasteiger partial charge >= 0.3 is 5.97 Å². The van der Waals surface area contributed by atoms with Crippen molar-refractivity contribution in [1.82, 2.24) is 0 Å². The molecule has 0 unspecified atom stereocenters. The van der Waals surface area contributed by atoms with Gasteiger partial charge < -0.3 is 14.2 Å². The van der Waals surface area contributed by atoms with E-state index in [1.54, 1.807) is 6.08 Å². The molecule has 0 N–H and O–H groups in total. The van der Waals surface area contributed by atoms with Crippen LogP contribution in [0.15, 0.2) is 30.4 Å². The van der Waals surface area contributed by atoms with Crippen molar-refractivity contribution in [2.24, 2.45) is 0 Å². The second kappa shape index (κ2) is 4.10. The minimum atomic E-state index is -0.704. The fourth-order valence-corrected chi connectivity index (χ4v) is 2.59. The van der Waals surface area contributed by atoms with E-state index in [0.29, 0.717) is 0 Å². The predicted molar refractivity (Wildman–Crippen MR) is 68.7 cm³/mol. The van der Waals surface area contributed by atoms with Gasteiger partial charge in [-0.2, -0.15) is 0 Å². The van der Waals surface area contributed by atoms with E-state index in [9.17, 15) is 4.79 Å². The summed E-state index contributed by atoms with van der Waals surface area (Å²) in [5, 5.41) is 0. The summed E-state index contributed by atoms with van der Waals surface area (Å²) in [6.45, 7) is 5.34. The molecule has 0 amide bonds. The Morgan fingerprint density at radius 1 is 1.37 bits per heavy atom. The highest BCUT2D eigenvalue weighted by molar-refractivity contribution is 5.66. The van der Waals surface area contributed by atoms with Crippen molar-refractivity contribution < 1.29 is 19.0 Å². The van der Waals surface area contributed by atoms with Gasteiger partial charge in [0.05, 0.1) is 0 Å². The van der Waals surface area contributed by atoms with Gasteiger partial charge in [-0.1, -0.05) is 11.6 Å². The van der Waals surface area contributed by atoms with Gasteiger partial charge in [-0.15, -0.1) is 0 Å². The standard InChI is InChI=1S/C15H16O4/c1-9-4-5-12-11(8-9)15(3)13(17-10(2)16)6-7-14(18-12)19-15/h4-8,13-14H,1-3H3/t13-,14+,15-/m1/s1. The summed E-state index contributed by atoms with van der Waals surface area (Å²) in [5.41, 5.74) is 1.33. The molecular formula is C15H16O4. The number of ether oxygens (including phenoxy) is 3. The van der Waals surface area contributed by atoms with E-state index in [-0.39, 0.29) is 5.97 Å². The van der Waals surface area contributed by atoms with Crippen LogP contribution in [0.5, 0.6) is 5.75 Å². The van der Waals surface area contributed by atoms with Crippen LogP contribution in [0.3, 0.4) is 0 Å². The maximum atomic E-state index is 11.3. The van der Waals surface area contributed by atoms with Crippen molar-refractivity contribution in [3.8, 4) is 5.75 Å². The van der Waals surface area contributed by atoms with Gasteiger partial charge in [-0.3, -0.25) is 4.79 Å². The average Bonchev–Trinajstić information content (AvgIpc) is 2.34. The van der Waals surface area contributed by atoms with Crippen LogP contribution in [-0.4, -0.2) is 18.4 Å². The molecule has 100 valence electrons. The Kier molecular flexibility index (Phi) is 2.64. The number of hydrogen-bond acceptors (Lipinski definition) is 4. The molecule has 1 aromatic rings. The van der Waals surface area contributed by atoms with E-state index >= 15 is 0 Å². The number of rotatable bonds is 1. The van der Waals surface area contributed by atoms with E-state index in [0.717, 1.165) is 16.9 Å². The van der Waals surface area contributed by atoms with Crippen LogP contribution >= 0.6 is 0 Å². The molecule has 2 bridgehead atoms. The van der Waals surface area contributed by atoms with Gasteiger partial charge in [0.25, 0.3) is 0 Å². The third-order valence-corrected chi connectivity index (χ3v) is 3.55. The van der Waals surface area contributed by atoms with Crippen molar-refractivity contribution in [3.63, 3.8) is 0 Å². The van der Waals surface area contributed by atoms with E-state index in [1.165, 1.54) is 6.92 Å². The highest BCUT2D eigenvalue weighted by atomic mass is 16.7. The molecule has 0 saturated carbocycles. The van der Waals surface area contributed by atoms with Crippen molar-refractivity contribution >= 4 is 5.97 Å². The van der Waals surface area contributed by atoms with E-state index in [1.807, 2.05) is 38.1 Å². The third kappa shape index (κ3) is 1.92. The Balaban J connectivity index is 2.10. The molecule has 19 heavy (non-hydrogen) atoms. The molecule has 0 spiro atoms. The van der Waals surface area contributed by atoms with Crippen LogP contribution < -0.4 is 4.74 Å². The van der Waals surface area contributed by atoms with Crippen LogP contribution in [0.4, 0.5) is 0 Å². The van der Waals surface area contributed by atoms with Crippen molar-refractivity contribution in [1.29, 1.82) is 0 Å². The number of aryl methyl sites for hydroxylation is 1. The van der Waals surface area contributed by atoms with Crippen LogP contribution in [0.1, 0.15) is 25.0 Å². The van der Waals surface area contributed by atoms with Crippen molar-refractivity contribution in [2.45, 2.75) is 38.8 Å². The zero-order valence-corrected chi connectivity index (χ0v) is 11.2. The molecule has 0 aliphatic carbocycles. The number of fused-ring (bicyclic) bond motifs is 4. The average molecular weight is 260 g/mol. The minimum Gasteiger partial charge on any atom is -0.461 e. The molecule has 0 saturated heterocycles. The Morgan fingerprint density at radius 3 is 2.89 bits per heavy atom. The highest BCUT2D eigenvalue weighted by Gasteiger charge is 2.48. The number of hydrogen-bond donors (Lipinski definition) is 0. The monoisotopic (exact) mass is 260 g/mol. The molecule has 4 heteroatoms. The third-order valence-electron chi connectivity index (χ3n) is 3.55. The first-order valence-corrected chi connectivity index (χ1v) is 6.30. The van der Waals surface area contributed by atoms with Crippen LogP contribution in [0.25, 0.3) is 0 Å². The number of carbonyl (C=O) groups excluding carboxylic acids is 1. The summed E-state index contributed by atoms with van der Waals surface area (Å²) in [6.07, 6.45) is 2.75. The van der Waals surface area contributed by atoms with Crippen LogP contribution in [0.2, 0.25) is 0 Å². The Labute approximate surface area is 112 Å². The summed E-state index contributed by atoms with van der Waals surface area (Å²) in [6, 6.07) is 5.94. The molecule has 3 atom stereocenters. The smallest absolute Gasteiger partial charge is 0.303 e. The van der Waals surface area contributed by atoms with Gasteiger partial charge in [0.15, 0.2) is 6.10 Å². The minimum absolute atomic E-state index is 0.321. The van der Waals surface area contributed by atoms with Gasteiger partial charge in [0.2, 0.25) is 6.29 Å². The second-order valence-corrected chi connectivity index (χ2v) is 5.13. The number of benzene rings is 1. The Morgan fingerprint density at radius 2 is 2.16 bits per heavy atom. The topological polar surface area (TPSA) is 44.8 Å². The van der Waals surface area contributed by atoms with Gasteiger partial charge in [-0.05, 0) is 38.1 Å². The molecule has 4 nitrogen and oxygen atoms in total. The van der Waals surface area contributed by atoms with E-state index < -0.39 is 18.0 Å². The van der Waals surface area contributed by atoms with Gasteiger partial charge in [0, 0.05) is 12.5 Å². The van der Waals surface area contributed by atoms with Crippen molar-refractivity contribution in [2.75, 3.05) is 0 Å². The van der Waals surface area contributed by atoms with Crippen LogP contribution in [-0.2, 0) is 19.9 Å². The summed E-state index contributed by atoms with van der Waals surface area (Å²) in [7, 11) is 0. The van der Waals surface area contributed by atoms with Gasteiger partial charge in [0.1, 0.15) is 11.4 Å². The Bertz CT molecular complexity index is 563. The molecule has 2 aliphatic heterocycles. The first kappa shape index (κ1) is 12.2. The Hall–Kier alpha value is -1.81. The molecule has 0 fully saturated rings. The maximum absolute atomic E-state index is 11.3. The fourth-order valence-electron chi connectivity index (χ4n) is 2.59. The molecular weight excluding hydrogens is 244 g/mol. The van der Waals surface area contributed by atoms with E-state index in [2.05, 4.69) is 0 Å². The summed E-state index contributed by atoms with van der Waals surface area (Å²) in [5.74, 6) is 0.462. The lowest BCUT2D eigenvalue weighted by Crippen LogP contribution is -2.50. The second-order valence-electron chi connectivity index (χ2n) is 5.13. The van der Waals surface area contributed by atoms with Crippen molar-refractivity contribution in [3.05, 3.63) is 41.5 Å². The quantitative estimate of drug-likeness (QED) is 0.574. The number of esters is 1. The van der Waals surface area contributed by atoms with Gasteiger partial charge in [-0.25, -0.2) is 0 Å². The zero-order valence-electron chi connectivity index (χ0n) is 11.2. The molecule has 2 aliphatic rings. The lowest BCUT2D eigenvalue weighted by Gasteiger charge is -2.45. The maximum Gasteiger partial charge on any atom is 0.303 e. The summed E-state index contributed by atoms with van der Waals surface area (Å²) < 4.78 is 17.0. The molecule has 0 radical (unpaired) electrons. The lowest BCUT2D eigenvalue weighted by atomic mass is 9.85. The number of carbonyl (C=O) groups is 1.